The van der Waals surface area contributed by atoms with Gasteiger partial charge in [-0.05, 0) is 32.3 Å². The molecular formula is C20H28N4. The van der Waals surface area contributed by atoms with Crippen molar-refractivity contribution in [2.24, 2.45) is 0 Å². The van der Waals surface area contributed by atoms with Gasteiger partial charge in [0.05, 0.1) is 0 Å². The Morgan fingerprint density at radius 3 is 2.38 bits per heavy atom. The Kier molecular flexibility index (Phi) is 5.68. The van der Waals surface area contributed by atoms with Crippen molar-refractivity contribution in [3.63, 3.8) is 0 Å². The number of rotatable bonds is 5. The van der Waals surface area contributed by atoms with Gasteiger partial charge in [0.2, 0.25) is 5.95 Å². The number of aryl methyl sites for hydroxylation is 2. The first-order chi connectivity index (χ1) is 11.7. The predicted octanol–water partition coefficient (Wildman–Crippen LogP) is 4.84. The van der Waals surface area contributed by atoms with Crippen LogP contribution in [0.4, 0.5) is 11.8 Å². The molecule has 4 heteroatoms. The van der Waals surface area contributed by atoms with E-state index >= 15 is 0 Å². The zero-order chi connectivity index (χ0) is 16.8. The molecule has 1 aromatic carbocycles. The fraction of sp³-hybridized carbons (Fsp3) is 0.500. The Bertz CT molecular complexity index is 643. The lowest BCUT2D eigenvalue weighted by Crippen LogP contribution is -2.19. The summed E-state index contributed by atoms with van der Waals surface area (Å²) in [5, 5.41) is 6.97. The molecule has 0 amide bonds. The maximum absolute atomic E-state index is 4.66. The van der Waals surface area contributed by atoms with Crippen molar-refractivity contribution in [3.8, 4) is 0 Å². The highest BCUT2D eigenvalue weighted by atomic mass is 15.1. The van der Waals surface area contributed by atoms with Crippen LogP contribution in [0.25, 0.3) is 0 Å². The molecule has 0 spiro atoms. The number of hydrogen-bond acceptors (Lipinski definition) is 4. The lowest BCUT2D eigenvalue weighted by molar-refractivity contribution is 0.617. The molecule has 0 saturated heterocycles. The van der Waals surface area contributed by atoms with Gasteiger partial charge in [0, 0.05) is 24.3 Å². The highest BCUT2D eigenvalue weighted by Gasteiger charge is 2.13. The summed E-state index contributed by atoms with van der Waals surface area (Å²) in [6, 6.07) is 11.1. The molecule has 128 valence electrons. The van der Waals surface area contributed by atoms with E-state index in [4.69, 9.17) is 0 Å². The van der Waals surface area contributed by atoms with Crippen LogP contribution < -0.4 is 10.6 Å². The van der Waals surface area contributed by atoms with Crippen LogP contribution in [0.15, 0.2) is 30.3 Å². The van der Waals surface area contributed by atoms with E-state index in [2.05, 4.69) is 51.8 Å². The van der Waals surface area contributed by atoms with E-state index in [-0.39, 0.29) is 0 Å². The molecule has 0 unspecified atom stereocenters. The van der Waals surface area contributed by atoms with Crippen molar-refractivity contribution < 1.29 is 0 Å². The Labute approximate surface area is 145 Å². The smallest absolute Gasteiger partial charge is 0.225 e. The minimum absolute atomic E-state index is 0.548. The zero-order valence-electron chi connectivity index (χ0n) is 14.8. The van der Waals surface area contributed by atoms with Crippen molar-refractivity contribution in [1.29, 1.82) is 0 Å². The van der Waals surface area contributed by atoms with Crippen molar-refractivity contribution >= 4 is 11.8 Å². The van der Waals surface area contributed by atoms with Gasteiger partial charge >= 0.3 is 0 Å². The summed E-state index contributed by atoms with van der Waals surface area (Å²) in [7, 11) is 0. The second-order valence-corrected chi connectivity index (χ2v) is 6.89. The summed E-state index contributed by atoms with van der Waals surface area (Å²) < 4.78 is 0. The van der Waals surface area contributed by atoms with E-state index in [9.17, 15) is 0 Å². The molecule has 1 saturated carbocycles. The van der Waals surface area contributed by atoms with Gasteiger partial charge in [-0.1, -0.05) is 55.5 Å². The summed E-state index contributed by atoms with van der Waals surface area (Å²) in [5.41, 5.74) is 3.51. The third-order valence-electron chi connectivity index (χ3n) is 4.63. The van der Waals surface area contributed by atoms with Crippen LogP contribution in [-0.2, 0) is 6.54 Å². The first kappa shape index (κ1) is 16.7. The maximum Gasteiger partial charge on any atom is 0.225 e. The lowest BCUT2D eigenvalue weighted by Gasteiger charge is -2.17. The van der Waals surface area contributed by atoms with Crippen LogP contribution >= 0.6 is 0 Å². The van der Waals surface area contributed by atoms with Crippen LogP contribution in [0.3, 0.4) is 0 Å². The molecule has 1 aliphatic rings. The van der Waals surface area contributed by atoms with Crippen LogP contribution in [0.5, 0.6) is 0 Å². The van der Waals surface area contributed by atoms with Gasteiger partial charge in [0.15, 0.2) is 0 Å². The molecule has 0 bridgehead atoms. The Morgan fingerprint density at radius 1 is 0.958 bits per heavy atom. The van der Waals surface area contributed by atoms with E-state index in [1.807, 2.05) is 13.0 Å². The predicted molar refractivity (Wildman–Crippen MR) is 100 cm³/mol. The summed E-state index contributed by atoms with van der Waals surface area (Å²) in [5.74, 6) is 1.65. The number of aromatic nitrogens is 2. The molecule has 1 aliphatic carbocycles. The number of benzene rings is 1. The molecule has 1 fully saturated rings. The topological polar surface area (TPSA) is 49.8 Å². The largest absolute Gasteiger partial charge is 0.367 e. The monoisotopic (exact) mass is 324 g/mol. The molecule has 1 aromatic heterocycles. The molecular weight excluding hydrogens is 296 g/mol. The van der Waals surface area contributed by atoms with Gasteiger partial charge in [-0.2, -0.15) is 4.98 Å². The first-order valence-electron chi connectivity index (χ1n) is 9.11. The van der Waals surface area contributed by atoms with Gasteiger partial charge < -0.3 is 10.6 Å². The standard InChI is InChI=1S/C20H28N4/c1-15-9-11-17(12-10-15)14-21-20-22-16(2)13-19(24-20)23-18-7-5-3-4-6-8-18/h9-13,18H,3-8,14H2,1-2H3,(H2,21,22,23,24). The van der Waals surface area contributed by atoms with Crippen molar-refractivity contribution in [3.05, 3.63) is 47.2 Å². The van der Waals surface area contributed by atoms with Crippen LogP contribution in [0.2, 0.25) is 0 Å². The normalized spacial score (nSPS) is 15.8. The third kappa shape index (κ3) is 4.95. The molecule has 0 atom stereocenters. The van der Waals surface area contributed by atoms with E-state index in [0.29, 0.717) is 12.0 Å². The number of nitrogens with one attached hydrogen (secondary N) is 2. The van der Waals surface area contributed by atoms with Crippen LogP contribution in [0, 0.1) is 13.8 Å². The van der Waals surface area contributed by atoms with Gasteiger partial charge in [-0.15, -0.1) is 0 Å². The fourth-order valence-corrected chi connectivity index (χ4v) is 3.24. The summed E-state index contributed by atoms with van der Waals surface area (Å²) in [6.45, 7) is 4.87. The van der Waals surface area contributed by atoms with Crippen molar-refractivity contribution in [2.45, 2.75) is 65.0 Å². The van der Waals surface area contributed by atoms with Gasteiger partial charge in [-0.25, -0.2) is 4.98 Å². The molecule has 0 radical (unpaired) electrons. The number of nitrogens with zero attached hydrogens (tertiary/aromatic N) is 2. The molecule has 4 nitrogen and oxygen atoms in total. The molecule has 2 N–H and O–H groups in total. The SMILES string of the molecule is Cc1ccc(CNc2nc(C)cc(NC3CCCCCC3)n2)cc1. The Hall–Kier alpha value is -2.10. The van der Waals surface area contributed by atoms with E-state index in [0.717, 1.165) is 18.1 Å². The number of hydrogen-bond donors (Lipinski definition) is 2. The van der Waals surface area contributed by atoms with E-state index < -0.39 is 0 Å². The average Bonchev–Trinajstić information content (AvgIpc) is 2.82. The quantitative estimate of drug-likeness (QED) is 0.773. The molecule has 0 aliphatic heterocycles. The van der Waals surface area contributed by atoms with Gasteiger partial charge in [-0.3, -0.25) is 0 Å². The van der Waals surface area contributed by atoms with Crippen molar-refractivity contribution in [1.82, 2.24) is 9.97 Å². The Morgan fingerprint density at radius 2 is 1.67 bits per heavy atom. The van der Waals surface area contributed by atoms with Crippen LogP contribution in [0.1, 0.15) is 55.3 Å². The second-order valence-electron chi connectivity index (χ2n) is 6.89. The molecule has 2 aromatic rings. The highest BCUT2D eigenvalue weighted by Crippen LogP contribution is 2.21. The number of anilines is 2. The third-order valence-corrected chi connectivity index (χ3v) is 4.63. The fourth-order valence-electron chi connectivity index (χ4n) is 3.24. The van der Waals surface area contributed by atoms with Gasteiger partial charge in [0.1, 0.15) is 5.82 Å². The lowest BCUT2D eigenvalue weighted by atomic mass is 10.1. The highest BCUT2D eigenvalue weighted by molar-refractivity contribution is 5.43. The van der Waals surface area contributed by atoms with E-state index in [1.54, 1.807) is 0 Å². The maximum atomic E-state index is 4.66. The summed E-state index contributed by atoms with van der Waals surface area (Å²) in [6.07, 6.45) is 7.86. The summed E-state index contributed by atoms with van der Waals surface area (Å²) in [4.78, 5) is 9.17. The summed E-state index contributed by atoms with van der Waals surface area (Å²) >= 11 is 0. The van der Waals surface area contributed by atoms with Gasteiger partial charge in [0.25, 0.3) is 0 Å². The zero-order valence-corrected chi connectivity index (χ0v) is 14.8. The molecule has 1 heterocycles. The second kappa shape index (κ2) is 8.13. The average molecular weight is 324 g/mol. The minimum Gasteiger partial charge on any atom is -0.367 e. The molecule has 3 rings (SSSR count). The minimum atomic E-state index is 0.548. The van der Waals surface area contributed by atoms with E-state index in [1.165, 1.54) is 49.7 Å². The first-order valence-corrected chi connectivity index (χ1v) is 9.11. The Balaban J connectivity index is 1.63. The van der Waals surface area contributed by atoms with Crippen molar-refractivity contribution in [2.75, 3.05) is 10.6 Å². The molecule has 24 heavy (non-hydrogen) atoms. The van der Waals surface area contributed by atoms with Crippen LogP contribution in [-0.4, -0.2) is 16.0 Å².